The smallest absolute Gasteiger partial charge is 0.188 e. The van der Waals surface area contributed by atoms with Gasteiger partial charge in [-0.2, -0.15) is 0 Å². The largest absolute Gasteiger partial charge is 0.506 e. The molecular formula is C17H16NO2P. The van der Waals surface area contributed by atoms with Gasteiger partial charge in [0, 0.05) is 11.5 Å². The maximum Gasteiger partial charge on any atom is 0.188 e. The van der Waals surface area contributed by atoms with Crippen LogP contribution in [0.5, 0.6) is 5.75 Å². The lowest BCUT2D eigenvalue weighted by atomic mass is 10.2. The van der Waals surface area contributed by atoms with Gasteiger partial charge in [0.25, 0.3) is 0 Å². The summed E-state index contributed by atoms with van der Waals surface area (Å²) in [6, 6.07) is 12.5. The Labute approximate surface area is 124 Å². The van der Waals surface area contributed by atoms with Crippen molar-refractivity contribution < 1.29 is 9.67 Å². The van der Waals surface area contributed by atoms with Gasteiger partial charge in [-0.05, 0) is 30.3 Å². The molecule has 0 aliphatic heterocycles. The van der Waals surface area contributed by atoms with Gasteiger partial charge in [0.1, 0.15) is 11.2 Å². The molecule has 4 heteroatoms. The lowest BCUT2D eigenvalue weighted by Gasteiger charge is -2.23. The Morgan fingerprint density at radius 2 is 1.90 bits per heavy atom. The Bertz CT molecular complexity index is 750. The van der Waals surface area contributed by atoms with Crippen LogP contribution in [0.15, 0.2) is 72.2 Å². The van der Waals surface area contributed by atoms with Crippen molar-refractivity contribution in [1.29, 1.82) is 0 Å². The number of rotatable bonds is 3. The van der Waals surface area contributed by atoms with E-state index in [2.05, 4.69) is 11.1 Å². The maximum atomic E-state index is 13.9. The van der Waals surface area contributed by atoms with Gasteiger partial charge in [-0.1, -0.05) is 48.6 Å². The van der Waals surface area contributed by atoms with Crippen molar-refractivity contribution in [1.82, 2.24) is 4.98 Å². The molecule has 1 aromatic heterocycles. The second-order valence-electron chi connectivity index (χ2n) is 4.92. The van der Waals surface area contributed by atoms with Crippen molar-refractivity contribution in [3.05, 3.63) is 72.2 Å². The highest BCUT2D eigenvalue weighted by Gasteiger charge is 2.35. The quantitative estimate of drug-likeness (QED) is 0.884. The highest BCUT2D eigenvalue weighted by molar-refractivity contribution is 7.82. The SMILES string of the molecule is O=P(C1=CC=CCC1)(c1ccccc1)c1ncccc1O. The van der Waals surface area contributed by atoms with E-state index in [-0.39, 0.29) is 11.2 Å². The van der Waals surface area contributed by atoms with E-state index in [9.17, 15) is 9.67 Å². The average Bonchev–Trinajstić information content (AvgIpc) is 2.56. The van der Waals surface area contributed by atoms with E-state index < -0.39 is 7.14 Å². The third kappa shape index (κ3) is 2.45. The minimum Gasteiger partial charge on any atom is -0.506 e. The molecule has 21 heavy (non-hydrogen) atoms. The molecule has 0 bridgehead atoms. The zero-order valence-corrected chi connectivity index (χ0v) is 12.4. The number of aromatic hydroxyl groups is 1. The summed E-state index contributed by atoms with van der Waals surface area (Å²) in [4.78, 5) is 4.22. The Hall–Kier alpha value is -2.12. The molecule has 0 fully saturated rings. The lowest BCUT2D eigenvalue weighted by molar-refractivity contribution is 0.477. The number of benzene rings is 1. The van der Waals surface area contributed by atoms with E-state index in [1.807, 2.05) is 42.5 Å². The first-order valence-electron chi connectivity index (χ1n) is 6.89. The molecule has 1 aliphatic rings. The summed E-state index contributed by atoms with van der Waals surface area (Å²) in [6.07, 6.45) is 9.02. The van der Waals surface area contributed by atoms with Gasteiger partial charge in [-0.15, -0.1) is 0 Å². The normalized spacial score (nSPS) is 17.0. The first kappa shape index (κ1) is 13.8. The van der Waals surface area contributed by atoms with E-state index in [0.29, 0.717) is 5.30 Å². The second-order valence-corrected chi connectivity index (χ2v) is 7.65. The van der Waals surface area contributed by atoms with Crippen LogP contribution >= 0.6 is 7.14 Å². The number of hydrogen-bond acceptors (Lipinski definition) is 3. The highest BCUT2D eigenvalue weighted by Crippen LogP contribution is 2.55. The molecule has 3 nitrogen and oxygen atoms in total. The minimum absolute atomic E-state index is 0.0138. The van der Waals surface area contributed by atoms with Gasteiger partial charge in [0.15, 0.2) is 7.14 Å². The third-order valence-corrected chi connectivity index (χ3v) is 6.73. The minimum atomic E-state index is -3.09. The molecule has 1 atom stereocenters. The van der Waals surface area contributed by atoms with Crippen molar-refractivity contribution in [2.45, 2.75) is 12.8 Å². The fraction of sp³-hybridized carbons (Fsp3) is 0.118. The molecule has 106 valence electrons. The topological polar surface area (TPSA) is 50.2 Å². The molecule has 3 rings (SSSR count). The van der Waals surface area contributed by atoms with Crippen LogP contribution in [0.3, 0.4) is 0 Å². The van der Waals surface area contributed by atoms with Crippen LogP contribution < -0.4 is 10.7 Å². The second kappa shape index (κ2) is 5.71. The number of allylic oxidation sites excluding steroid dienone is 4. The molecule has 0 saturated carbocycles. The molecule has 0 saturated heterocycles. The van der Waals surface area contributed by atoms with E-state index in [1.165, 1.54) is 6.07 Å². The van der Waals surface area contributed by atoms with E-state index in [4.69, 9.17) is 0 Å². The van der Waals surface area contributed by atoms with Crippen molar-refractivity contribution >= 4 is 17.9 Å². The van der Waals surface area contributed by atoms with Gasteiger partial charge in [-0.25, -0.2) is 4.98 Å². The standard InChI is InChI=1S/C17H16NO2P/c19-16-12-7-13-18-17(16)21(20,14-8-3-1-4-9-14)15-10-5-2-6-11-15/h1-5,7-10,12-13,19H,6,11H2. The molecule has 0 radical (unpaired) electrons. The van der Waals surface area contributed by atoms with Gasteiger partial charge >= 0.3 is 0 Å². The molecule has 1 N–H and O–H groups in total. The summed E-state index contributed by atoms with van der Waals surface area (Å²) in [7, 11) is -3.09. The van der Waals surface area contributed by atoms with Crippen LogP contribution in [0, 0.1) is 0 Å². The van der Waals surface area contributed by atoms with Gasteiger partial charge in [0.05, 0.1) is 0 Å². The van der Waals surface area contributed by atoms with Crippen LogP contribution in [0.25, 0.3) is 0 Å². The van der Waals surface area contributed by atoms with Crippen LogP contribution in [0.1, 0.15) is 12.8 Å². The first-order chi connectivity index (χ1) is 10.2. The predicted octanol–water partition coefficient (Wildman–Crippen LogP) is 3.34. The summed E-state index contributed by atoms with van der Waals surface area (Å²) in [5, 5.41) is 11.7. The summed E-state index contributed by atoms with van der Waals surface area (Å²) in [5.74, 6) is -0.0138. The summed E-state index contributed by atoms with van der Waals surface area (Å²) < 4.78 is 13.9. The molecule has 1 unspecified atom stereocenters. The van der Waals surface area contributed by atoms with Crippen LogP contribution in [-0.4, -0.2) is 10.1 Å². The van der Waals surface area contributed by atoms with Crippen molar-refractivity contribution in [2.24, 2.45) is 0 Å². The average molecular weight is 297 g/mol. The van der Waals surface area contributed by atoms with Crippen molar-refractivity contribution in [3.8, 4) is 5.75 Å². The predicted molar refractivity (Wildman–Crippen MR) is 85.7 cm³/mol. The van der Waals surface area contributed by atoms with Gasteiger partial charge in [-0.3, -0.25) is 0 Å². The number of nitrogens with zero attached hydrogens (tertiary/aromatic N) is 1. The van der Waals surface area contributed by atoms with Gasteiger partial charge < -0.3 is 9.67 Å². The molecule has 1 heterocycles. The Kier molecular flexibility index (Phi) is 3.76. The fourth-order valence-electron chi connectivity index (χ4n) is 2.55. The highest BCUT2D eigenvalue weighted by atomic mass is 31.2. The van der Waals surface area contributed by atoms with E-state index in [0.717, 1.165) is 18.2 Å². The Balaban J connectivity index is 2.26. The number of hydrogen-bond donors (Lipinski definition) is 1. The monoisotopic (exact) mass is 297 g/mol. The lowest BCUT2D eigenvalue weighted by Crippen LogP contribution is -2.20. The molecular weight excluding hydrogens is 281 g/mol. The fourth-order valence-corrected chi connectivity index (χ4v) is 5.35. The molecule has 1 aliphatic carbocycles. The summed E-state index contributed by atoms with van der Waals surface area (Å²) >= 11 is 0. The number of pyridine rings is 1. The maximum absolute atomic E-state index is 13.9. The van der Waals surface area contributed by atoms with Crippen LogP contribution in [-0.2, 0) is 4.57 Å². The van der Waals surface area contributed by atoms with Crippen molar-refractivity contribution in [2.75, 3.05) is 0 Å². The molecule has 1 aromatic carbocycles. The molecule has 0 amide bonds. The number of aromatic nitrogens is 1. The zero-order chi connectivity index (χ0) is 14.7. The van der Waals surface area contributed by atoms with E-state index >= 15 is 0 Å². The zero-order valence-electron chi connectivity index (χ0n) is 11.5. The van der Waals surface area contributed by atoms with Crippen LogP contribution in [0.4, 0.5) is 0 Å². The van der Waals surface area contributed by atoms with Gasteiger partial charge in [0.2, 0.25) is 0 Å². The van der Waals surface area contributed by atoms with Crippen LogP contribution in [0.2, 0.25) is 0 Å². The summed E-state index contributed by atoms with van der Waals surface area (Å²) in [6.45, 7) is 0. The molecule has 0 spiro atoms. The third-order valence-electron chi connectivity index (χ3n) is 3.58. The first-order valence-corrected chi connectivity index (χ1v) is 8.60. The Morgan fingerprint density at radius 1 is 1.10 bits per heavy atom. The summed E-state index contributed by atoms with van der Waals surface area (Å²) in [5.41, 5.74) is 0.276. The Morgan fingerprint density at radius 3 is 2.57 bits per heavy atom. The van der Waals surface area contributed by atoms with E-state index in [1.54, 1.807) is 12.3 Å². The van der Waals surface area contributed by atoms with Crippen molar-refractivity contribution in [3.63, 3.8) is 0 Å². The molecule has 2 aromatic rings.